The second kappa shape index (κ2) is 9.54. The largest absolute Gasteiger partial charge is 0.480 e. The van der Waals surface area contributed by atoms with E-state index in [0.717, 1.165) is 41.4 Å². The van der Waals surface area contributed by atoms with Gasteiger partial charge < -0.3 is 14.7 Å². The molecule has 35 heavy (non-hydrogen) atoms. The van der Waals surface area contributed by atoms with Crippen LogP contribution in [0.2, 0.25) is 0 Å². The Balaban J connectivity index is 1.50. The molecule has 1 aliphatic rings. The Bertz CT molecular complexity index is 1280. The predicted molar refractivity (Wildman–Crippen MR) is 124 cm³/mol. The molecule has 1 atom stereocenters. The Kier molecular flexibility index (Phi) is 6.50. The Morgan fingerprint density at radius 2 is 1.57 bits per heavy atom. The van der Waals surface area contributed by atoms with Gasteiger partial charge in [-0.25, -0.2) is 18.4 Å². The summed E-state index contributed by atoms with van der Waals surface area (Å²) in [6.07, 6.45) is -0.983. The van der Waals surface area contributed by atoms with Crippen LogP contribution in [0.15, 0.2) is 60.7 Å². The van der Waals surface area contributed by atoms with Gasteiger partial charge in [-0.2, -0.15) is 0 Å². The molecular weight excluding hydrogens is 458 g/mol. The summed E-state index contributed by atoms with van der Waals surface area (Å²) in [5.41, 5.74) is 2.64. The number of carboxylic acid groups (broad SMARTS) is 1. The van der Waals surface area contributed by atoms with Gasteiger partial charge in [0.05, 0.1) is 5.69 Å². The van der Waals surface area contributed by atoms with Gasteiger partial charge in [-0.05, 0) is 41.3 Å². The zero-order valence-electron chi connectivity index (χ0n) is 18.9. The standard InChI is InChI=1S/C26H22F2N2O5/c1-14(25(32)33)30(2)24(31)22-20(27)11-12-21(23(22)28)29-26(34)35-13-19-17-9-5-3-7-15(17)16-8-4-6-10-18(16)19/h3-12,14,19H,13H2,1-2H3,(H,29,34)(H,32,33). The van der Waals surface area contributed by atoms with Gasteiger partial charge in [-0.1, -0.05) is 48.5 Å². The first kappa shape index (κ1) is 23.9. The Morgan fingerprint density at radius 3 is 2.14 bits per heavy atom. The molecule has 7 nitrogen and oxygen atoms in total. The molecule has 3 aromatic carbocycles. The van der Waals surface area contributed by atoms with E-state index in [1.165, 1.54) is 6.92 Å². The van der Waals surface area contributed by atoms with Crippen LogP contribution in [0.1, 0.15) is 34.3 Å². The maximum atomic E-state index is 15.0. The number of carbonyl (C=O) groups excluding carboxylic acids is 2. The minimum Gasteiger partial charge on any atom is -0.480 e. The number of hydrogen-bond acceptors (Lipinski definition) is 4. The number of fused-ring (bicyclic) bond motifs is 3. The van der Waals surface area contributed by atoms with Crippen LogP contribution in [0.3, 0.4) is 0 Å². The summed E-state index contributed by atoms with van der Waals surface area (Å²) in [5.74, 6) is -5.24. The third-order valence-electron chi connectivity index (χ3n) is 6.14. The molecule has 0 heterocycles. The molecule has 0 aromatic heterocycles. The lowest BCUT2D eigenvalue weighted by Gasteiger charge is -2.22. The van der Waals surface area contributed by atoms with Crippen LogP contribution < -0.4 is 5.32 Å². The lowest BCUT2D eigenvalue weighted by Crippen LogP contribution is -2.41. The van der Waals surface area contributed by atoms with Gasteiger partial charge >= 0.3 is 12.1 Å². The van der Waals surface area contributed by atoms with E-state index in [1.54, 1.807) is 0 Å². The highest BCUT2D eigenvalue weighted by Crippen LogP contribution is 2.44. The third kappa shape index (κ3) is 4.44. The van der Waals surface area contributed by atoms with Crippen LogP contribution in [-0.2, 0) is 9.53 Å². The summed E-state index contributed by atoms with van der Waals surface area (Å²) in [5, 5.41) is 11.3. The Hall–Kier alpha value is -4.27. The van der Waals surface area contributed by atoms with Crippen molar-refractivity contribution in [2.75, 3.05) is 19.0 Å². The smallest absolute Gasteiger partial charge is 0.411 e. The van der Waals surface area contributed by atoms with Crippen LogP contribution in [0, 0.1) is 11.6 Å². The molecule has 2 N–H and O–H groups in total. The lowest BCUT2D eigenvalue weighted by atomic mass is 9.98. The number of ether oxygens (including phenoxy) is 1. The molecule has 0 aliphatic heterocycles. The Morgan fingerprint density at radius 1 is 1.00 bits per heavy atom. The number of benzene rings is 3. The minimum atomic E-state index is -1.34. The van der Waals surface area contributed by atoms with Gasteiger partial charge in [0.2, 0.25) is 0 Å². The highest BCUT2D eigenvalue weighted by Gasteiger charge is 2.31. The van der Waals surface area contributed by atoms with Crippen molar-refractivity contribution in [3.8, 4) is 11.1 Å². The zero-order valence-corrected chi connectivity index (χ0v) is 18.9. The van der Waals surface area contributed by atoms with E-state index in [1.807, 2.05) is 48.5 Å². The first-order valence-electron chi connectivity index (χ1n) is 10.8. The molecule has 2 amide bonds. The minimum absolute atomic E-state index is 0.0205. The molecule has 0 fully saturated rings. The molecular formula is C26H22F2N2O5. The van der Waals surface area contributed by atoms with Gasteiger partial charge in [0.25, 0.3) is 5.91 Å². The number of nitrogens with zero attached hydrogens (tertiary/aromatic N) is 1. The summed E-state index contributed by atoms with van der Waals surface area (Å²) in [6, 6.07) is 16.0. The first-order valence-corrected chi connectivity index (χ1v) is 10.8. The van der Waals surface area contributed by atoms with Gasteiger partial charge in [-0.3, -0.25) is 10.1 Å². The van der Waals surface area contributed by atoms with Gasteiger partial charge in [0.1, 0.15) is 24.0 Å². The second-order valence-electron chi connectivity index (χ2n) is 8.16. The molecule has 1 aliphatic carbocycles. The number of carbonyl (C=O) groups is 3. The van der Waals surface area contributed by atoms with E-state index in [2.05, 4.69) is 5.32 Å². The number of rotatable bonds is 6. The van der Waals surface area contributed by atoms with Gasteiger partial charge in [0, 0.05) is 13.0 Å². The van der Waals surface area contributed by atoms with Crippen molar-refractivity contribution in [2.45, 2.75) is 18.9 Å². The van der Waals surface area contributed by atoms with Gasteiger partial charge in [-0.15, -0.1) is 0 Å². The van der Waals surface area contributed by atoms with E-state index in [9.17, 15) is 23.2 Å². The van der Waals surface area contributed by atoms with Crippen molar-refractivity contribution in [1.29, 1.82) is 0 Å². The quantitative estimate of drug-likeness (QED) is 0.525. The van der Waals surface area contributed by atoms with Crippen molar-refractivity contribution < 1.29 is 33.0 Å². The number of halogens is 2. The molecule has 1 unspecified atom stereocenters. The molecule has 4 rings (SSSR count). The van der Waals surface area contributed by atoms with Crippen molar-refractivity contribution in [3.63, 3.8) is 0 Å². The van der Waals surface area contributed by atoms with Crippen LogP contribution >= 0.6 is 0 Å². The van der Waals surface area contributed by atoms with E-state index >= 15 is 0 Å². The van der Waals surface area contributed by atoms with Crippen LogP contribution in [0.4, 0.5) is 19.3 Å². The average molecular weight is 480 g/mol. The summed E-state index contributed by atoms with van der Waals surface area (Å²) in [6.45, 7) is 1.18. The van der Waals surface area contributed by atoms with E-state index in [0.29, 0.717) is 4.90 Å². The number of aliphatic carboxylic acids is 1. The zero-order chi connectivity index (χ0) is 25.3. The van der Waals surface area contributed by atoms with Gasteiger partial charge in [0.15, 0.2) is 5.82 Å². The molecule has 0 saturated carbocycles. The fraction of sp³-hybridized carbons (Fsp3) is 0.192. The first-order chi connectivity index (χ1) is 16.7. The SMILES string of the molecule is CC(C(=O)O)N(C)C(=O)c1c(F)ccc(NC(=O)OCC2c3ccccc3-c3ccccc32)c1F. The maximum absolute atomic E-state index is 15.0. The predicted octanol–water partition coefficient (Wildman–Crippen LogP) is 4.87. The Labute approximate surface area is 199 Å². The fourth-order valence-electron chi connectivity index (χ4n) is 4.11. The summed E-state index contributed by atoms with van der Waals surface area (Å²) in [7, 11) is 1.12. The molecule has 3 aromatic rings. The van der Waals surface area contributed by atoms with Crippen molar-refractivity contribution in [3.05, 3.63) is 89.0 Å². The van der Waals surface area contributed by atoms with E-state index in [-0.39, 0.29) is 12.5 Å². The third-order valence-corrected chi connectivity index (χ3v) is 6.14. The maximum Gasteiger partial charge on any atom is 0.411 e. The van der Waals surface area contributed by atoms with Crippen molar-refractivity contribution in [2.24, 2.45) is 0 Å². The lowest BCUT2D eigenvalue weighted by molar-refractivity contribution is -0.141. The van der Waals surface area contributed by atoms with E-state index in [4.69, 9.17) is 9.84 Å². The molecule has 0 bridgehead atoms. The molecule has 0 spiro atoms. The number of likely N-dealkylation sites (N-methyl/N-ethyl adjacent to an activating group) is 1. The van der Waals surface area contributed by atoms with E-state index < -0.39 is 46.9 Å². The average Bonchev–Trinajstić information content (AvgIpc) is 3.17. The topological polar surface area (TPSA) is 95.9 Å². The van der Waals surface area contributed by atoms with Crippen LogP contribution in [-0.4, -0.2) is 47.7 Å². The van der Waals surface area contributed by atoms with Crippen LogP contribution in [0.25, 0.3) is 11.1 Å². The number of nitrogens with one attached hydrogen (secondary N) is 1. The van der Waals surface area contributed by atoms with Crippen molar-refractivity contribution in [1.82, 2.24) is 4.90 Å². The molecule has 180 valence electrons. The summed E-state index contributed by atoms with van der Waals surface area (Å²) >= 11 is 0. The molecule has 0 radical (unpaired) electrons. The highest BCUT2D eigenvalue weighted by atomic mass is 19.1. The fourth-order valence-corrected chi connectivity index (χ4v) is 4.11. The number of carboxylic acids is 1. The number of amides is 2. The van der Waals surface area contributed by atoms with Crippen LogP contribution in [0.5, 0.6) is 0 Å². The number of anilines is 1. The van der Waals surface area contributed by atoms with Crippen molar-refractivity contribution >= 4 is 23.7 Å². The second-order valence-corrected chi connectivity index (χ2v) is 8.16. The molecule has 9 heteroatoms. The monoisotopic (exact) mass is 480 g/mol. The molecule has 0 saturated heterocycles. The summed E-state index contributed by atoms with van der Waals surface area (Å²) in [4.78, 5) is 36.9. The summed E-state index contributed by atoms with van der Waals surface area (Å²) < 4.78 is 34.7. The number of hydrogen-bond donors (Lipinski definition) is 2. The highest BCUT2D eigenvalue weighted by molar-refractivity contribution is 5.98. The normalized spacial score (nSPS) is 12.9.